The topological polar surface area (TPSA) is 42.7 Å². The van der Waals surface area contributed by atoms with E-state index in [9.17, 15) is 0 Å². The van der Waals surface area contributed by atoms with Crippen molar-refractivity contribution >= 4 is 0 Å². The molecule has 1 N–H and O–H groups in total. The molecule has 0 spiro atoms. The van der Waals surface area contributed by atoms with Crippen LogP contribution in [0.25, 0.3) is 0 Å². The van der Waals surface area contributed by atoms with Crippen molar-refractivity contribution in [2.75, 3.05) is 6.54 Å². The number of hydrogen-bond acceptors (Lipinski definition) is 3. The van der Waals surface area contributed by atoms with Crippen LogP contribution in [0.2, 0.25) is 0 Å². The lowest BCUT2D eigenvalue weighted by atomic mass is 10.1. The summed E-state index contributed by atoms with van der Waals surface area (Å²) in [6.45, 7) is 4.34. The average Bonchev–Trinajstić information content (AvgIpc) is 2.79. The highest BCUT2D eigenvalue weighted by atomic mass is 15.3. The summed E-state index contributed by atoms with van der Waals surface area (Å²) >= 11 is 0. The van der Waals surface area contributed by atoms with Crippen LogP contribution in [0.4, 0.5) is 0 Å². The lowest BCUT2D eigenvalue weighted by Crippen LogP contribution is -2.34. The molecule has 1 aromatic heterocycles. The predicted octanol–water partition coefficient (Wildman–Crippen LogP) is 1.85. The van der Waals surface area contributed by atoms with Crippen LogP contribution in [0.3, 0.4) is 0 Å². The molecule has 2 heterocycles. The fraction of sp³-hybridized carbons (Fsp3) is 0.846. The van der Waals surface area contributed by atoms with E-state index in [1.54, 1.807) is 0 Å². The molecule has 2 saturated carbocycles. The molecule has 3 atom stereocenters. The predicted molar refractivity (Wildman–Crippen MR) is 64.6 cm³/mol. The van der Waals surface area contributed by atoms with E-state index in [1.807, 2.05) is 0 Å². The van der Waals surface area contributed by atoms with E-state index in [4.69, 9.17) is 0 Å². The van der Waals surface area contributed by atoms with Crippen LogP contribution < -0.4 is 5.32 Å². The molecule has 2 fully saturated rings. The zero-order valence-electron chi connectivity index (χ0n) is 10.4. The van der Waals surface area contributed by atoms with Gasteiger partial charge in [-0.1, -0.05) is 13.3 Å². The van der Waals surface area contributed by atoms with Gasteiger partial charge < -0.3 is 9.88 Å². The van der Waals surface area contributed by atoms with Crippen molar-refractivity contribution in [3.8, 4) is 0 Å². The maximum Gasteiger partial charge on any atom is 0.150 e. The fourth-order valence-electron chi connectivity index (χ4n) is 4.03. The molecule has 2 aliphatic carbocycles. The summed E-state index contributed by atoms with van der Waals surface area (Å²) in [5.74, 6) is 5.12. The molecule has 0 radical (unpaired) electrons. The van der Waals surface area contributed by atoms with Crippen molar-refractivity contribution in [2.45, 2.75) is 51.1 Å². The number of nitrogens with one attached hydrogen (secondary N) is 1. The van der Waals surface area contributed by atoms with Gasteiger partial charge in [-0.15, -0.1) is 10.2 Å². The lowest BCUT2D eigenvalue weighted by molar-refractivity contribution is 0.398. The van der Waals surface area contributed by atoms with Gasteiger partial charge in [0.05, 0.1) is 6.04 Å². The molecular weight excluding hydrogens is 212 g/mol. The van der Waals surface area contributed by atoms with E-state index < -0.39 is 0 Å². The van der Waals surface area contributed by atoms with E-state index in [1.165, 1.54) is 30.9 Å². The van der Waals surface area contributed by atoms with Crippen LogP contribution in [0, 0.1) is 11.8 Å². The molecule has 92 valence electrons. The first-order valence-electron chi connectivity index (χ1n) is 7.06. The maximum atomic E-state index is 4.51. The number of hydrogen-bond donors (Lipinski definition) is 1. The van der Waals surface area contributed by atoms with Gasteiger partial charge in [0.15, 0.2) is 0 Å². The highest BCUT2D eigenvalue weighted by Gasteiger charge is 2.55. The van der Waals surface area contributed by atoms with Crippen LogP contribution in [0.1, 0.15) is 56.2 Å². The molecule has 3 unspecified atom stereocenters. The third kappa shape index (κ3) is 1.33. The molecule has 0 bridgehead atoms. The first-order chi connectivity index (χ1) is 8.40. The molecular formula is C13H20N4. The third-order valence-electron chi connectivity index (χ3n) is 4.96. The second-order valence-electron chi connectivity index (χ2n) is 5.77. The van der Waals surface area contributed by atoms with Crippen LogP contribution in [-0.4, -0.2) is 21.3 Å². The Morgan fingerprint density at radius 2 is 2.00 bits per heavy atom. The monoisotopic (exact) mass is 232 g/mol. The minimum absolute atomic E-state index is 0.420. The third-order valence-corrected chi connectivity index (χ3v) is 4.96. The van der Waals surface area contributed by atoms with Crippen molar-refractivity contribution in [1.29, 1.82) is 0 Å². The molecule has 4 nitrogen and oxygen atoms in total. The SMILES string of the molecule is CCC1NCCn2c1nnc2C1C2CCCC21. The number of nitrogens with zero attached hydrogens (tertiary/aromatic N) is 3. The number of rotatable bonds is 2. The van der Waals surface area contributed by atoms with Crippen molar-refractivity contribution in [2.24, 2.45) is 11.8 Å². The van der Waals surface area contributed by atoms with Gasteiger partial charge in [0.1, 0.15) is 11.6 Å². The molecule has 1 aromatic rings. The zero-order valence-corrected chi connectivity index (χ0v) is 10.4. The van der Waals surface area contributed by atoms with Crippen molar-refractivity contribution in [3.05, 3.63) is 11.6 Å². The minimum atomic E-state index is 0.420. The Morgan fingerprint density at radius 1 is 1.24 bits per heavy atom. The summed E-state index contributed by atoms with van der Waals surface area (Å²) in [7, 11) is 0. The van der Waals surface area contributed by atoms with E-state index in [0.29, 0.717) is 6.04 Å². The Labute approximate surface area is 102 Å². The standard InChI is InChI=1S/C13H20N4/c1-2-10-12-15-16-13(17(12)7-6-14-10)11-8-4-3-5-9(8)11/h8-11,14H,2-7H2,1H3. The second kappa shape index (κ2) is 3.55. The zero-order chi connectivity index (χ0) is 11.4. The minimum Gasteiger partial charge on any atom is -0.312 e. The maximum absolute atomic E-state index is 4.51. The molecule has 1 aliphatic heterocycles. The molecule has 0 aromatic carbocycles. The molecule has 0 amide bonds. The molecule has 17 heavy (non-hydrogen) atoms. The summed E-state index contributed by atoms with van der Waals surface area (Å²) < 4.78 is 2.41. The van der Waals surface area contributed by atoms with Gasteiger partial charge in [-0.05, 0) is 31.1 Å². The Kier molecular flexibility index (Phi) is 2.10. The summed E-state index contributed by atoms with van der Waals surface area (Å²) in [5.41, 5.74) is 0. The lowest BCUT2D eigenvalue weighted by Gasteiger charge is -2.24. The number of fused-ring (bicyclic) bond motifs is 2. The molecule has 0 saturated heterocycles. The summed E-state index contributed by atoms with van der Waals surface area (Å²) in [4.78, 5) is 0. The van der Waals surface area contributed by atoms with Gasteiger partial charge in [-0.25, -0.2) is 0 Å². The molecule has 3 aliphatic rings. The van der Waals surface area contributed by atoms with Gasteiger partial charge in [0, 0.05) is 19.0 Å². The van der Waals surface area contributed by atoms with E-state index >= 15 is 0 Å². The summed E-state index contributed by atoms with van der Waals surface area (Å²) in [5, 5.41) is 12.5. The number of aromatic nitrogens is 3. The van der Waals surface area contributed by atoms with E-state index in [-0.39, 0.29) is 0 Å². The van der Waals surface area contributed by atoms with Crippen molar-refractivity contribution in [3.63, 3.8) is 0 Å². The normalized spacial score (nSPS) is 38.9. The van der Waals surface area contributed by atoms with Crippen molar-refractivity contribution < 1.29 is 0 Å². The Balaban J connectivity index is 1.67. The van der Waals surface area contributed by atoms with Gasteiger partial charge in [0.2, 0.25) is 0 Å². The van der Waals surface area contributed by atoms with E-state index in [2.05, 4.69) is 27.0 Å². The Morgan fingerprint density at radius 3 is 2.76 bits per heavy atom. The van der Waals surface area contributed by atoms with Gasteiger partial charge >= 0.3 is 0 Å². The first kappa shape index (κ1) is 10.1. The van der Waals surface area contributed by atoms with E-state index in [0.717, 1.165) is 37.3 Å². The van der Waals surface area contributed by atoms with Crippen molar-refractivity contribution in [1.82, 2.24) is 20.1 Å². The van der Waals surface area contributed by atoms with Gasteiger partial charge in [0.25, 0.3) is 0 Å². The second-order valence-corrected chi connectivity index (χ2v) is 5.77. The summed E-state index contributed by atoms with van der Waals surface area (Å²) in [6.07, 6.45) is 5.39. The average molecular weight is 232 g/mol. The highest BCUT2D eigenvalue weighted by Crippen LogP contribution is 2.62. The van der Waals surface area contributed by atoms with Crippen LogP contribution >= 0.6 is 0 Å². The fourth-order valence-corrected chi connectivity index (χ4v) is 4.03. The quantitative estimate of drug-likeness (QED) is 0.846. The van der Waals surface area contributed by atoms with Gasteiger partial charge in [-0.2, -0.15) is 0 Å². The van der Waals surface area contributed by atoms with Crippen LogP contribution in [0.5, 0.6) is 0 Å². The van der Waals surface area contributed by atoms with Gasteiger partial charge in [-0.3, -0.25) is 0 Å². The highest BCUT2D eigenvalue weighted by molar-refractivity contribution is 5.20. The largest absolute Gasteiger partial charge is 0.312 e. The smallest absolute Gasteiger partial charge is 0.150 e. The van der Waals surface area contributed by atoms with Crippen LogP contribution in [0.15, 0.2) is 0 Å². The summed E-state index contributed by atoms with van der Waals surface area (Å²) in [6, 6.07) is 0.420. The Hall–Kier alpha value is -0.900. The van der Waals surface area contributed by atoms with Crippen LogP contribution in [-0.2, 0) is 6.54 Å². The molecule has 4 rings (SSSR count). The molecule has 4 heteroatoms. The Bertz CT molecular complexity index is 429. The first-order valence-corrected chi connectivity index (χ1v) is 7.06.